The zero-order chi connectivity index (χ0) is 25.0. The van der Waals surface area contributed by atoms with Crippen molar-refractivity contribution < 1.29 is 31.4 Å². The number of morpholine rings is 1. The van der Waals surface area contributed by atoms with E-state index in [1.807, 2.05) is 0 Å². The van der Waals surface area contributed by atoms with Crippen molar-refractivity contribution >= 4 is 27.0 Å². The van der Waals surface area contributed by atoms with E-state index in [0.29, 0.717) is 35.6 Å². The van der Waals surface area contributed by atoms with E-state index in [4.69, 9.17) is 4.74 Å². The second-order valence-corrected chi connectivity index (χ2v) is 12.7. The molecule has 5 rings (SSSR count). The molecule has 192 valence electrons. The number of anilines is 1. The molecule has 0 saturated carbocycles. The lowest BCUT2D eigenvalue weighted by Gasteiger charge is -2.44. The number of hydrogen-bond donors (Lipinski definition) is 1. The third-order valence-corrected chi connectivity index (χ3v) is 10.5. The number of piperazine rings is 1. The highest BCUT2D eigenvalue weighted by Crippen LogP contribution is 2.39. The van der Waals surface area contributed by atoms with Crippen LogP contribution in [0.2, 0.25) is 0 Å². The molecule has 2 aromatic rings. The van der Waals surface area contributed by atoms with Crippen molar-refractivity contribution in [2.45, 2.75) is 47.5 Å². The summed E-state index contributed by atoms with van der Waals surface area (Å²) in [5.74, 6) is 0. The predicted octanol–water partition coefficient (Wildman–Crippen LogP) is 2.87. The quantitative estimate of drug-likeness (QED) is 0.618. The summed E-state index contributed by atoms with van der Waals surface area (Å²) in [7, 11) is -3.62. The summed E-state index contributed by atoms with van der Waals surface area (Å²) < 4.78 is 73.7. The van der Waals surface area contributed by atoms with Crippen LogP contribution in [0.5, 0.6) is 0 Å². The minimum Gasteiger partial charge on any atom is -0.376 e. The topological polar surface area (TPSA) is 73.3 Å². The van der Waals surface area contributed by atoms with Gasteiger partial charge >= 0.3 is 6.18 Å². The van der Waals surface area contributed by atoms with Gasteiger partial charge < -0.3 is 14.7 Å². The molecule has 1 aromatic carbocycles. The lowest BCUT2D eigenvalue weighted by Crippen LogP contribution is -2.59. The molecule has 12 heteroatoms. The highest BCUT2D eigenvalue weighted by molar-refractivity contribution is 7.91. The van der Waals surface area contributed by atoms with Crippen molar-refractivity contribution in [2.75, 3.05) is 44.2 Å². The summed E-state index contributed by atoms with van der Waals surface area (Å²) in [6.07, 6.45) is -3.63. The van der Waals surface area contributed by atoms with Crippen molar-refractivity contribution in [1.29, 1.82) is 0 Å². The standard InChI is InChI=1S/C23H28F3N3O4S2/c1-22(30,23(24,25)26)16-4-6-17(7-5-16)29-9-8-28(35(31,32)21-3-2-10-34-21)13-19(29)12-27-14-20-11-18(27)15-33-20/h2-7,10,18-20,30H,8-9,11-15H2,1H3/t18-,19-,20-,22+/m1/s1. The van der Waals surface area contributed by atoms with E-state index in [1.54, 1.807) is 29.6 Å². The Morgan fingerprint density at radius 3 is 2.46 bits per heavy atom. The average molecular weight is 532 g/mol. The molecule has 35 heavy (non-hydrogen) atoms. The molecule has 4 atom stereocenters. The molecule has 1 aromatic heterocycles. The van der Waals surface area contributed by atoms with Gasteiger partial charge in [-0.3, -0.25) is 4.90 Å². The van der Waals surface area contributed by atoms with Crippen LogP contribution in [0.4, 0.5) is 18.9 Å². The average Bonchev–Trinajstić information content (AvgIpc) is 3.57. The van der Waals surface area contributed by atoms with Gasteiger partial charge in [-0.1, -0.05) is 18.2 Å². The third kappa shape index (κ3) is 4.60. The van der Waals surface area contributed by atoms with Gasteiger partial charge in [-0.2, -0.15) is 17.5 Å². The number of thiophene rings is 1. The first-order valence-corrected chi connectivity index (χ1v) is 13.8. The van der Waals surface area contributed by atoms with Crippen molar-refractivity contribution in [3.63, 3.8) is 0 Å². The van der Waals surface area contributed by atoms with E-state index in [2.05, 4.69) is 9.80 Å². The first kappa shape index (κ1) is 25.0. The Morgan fingerprint density at radius 2 is 1.89 bits per heavy atom. The van der Waals surface area contributed by atoms with Crippen LogP contribution in [-0.2, 0) is 20.4 Å². The van der Waals surface area contributed by atoms with Crippen LogP contribution in [0.25, 0.3) is 0 Å². The first-order valence-electron chi connectivity index (χ1n) is 11.5. The SMILES string of the molecule is C[C@](O)(c1ccc(N2CCN(S(=O)(=O)c3cccs3)C[C@H]2CN2C[C@H]3C[C@@H]2CO3)cc1)C(F)(F)F. The fraction of sp³-hybridized carbons (Fsp3) is 0.565. The van der Waals surface area contributed by atoms with Gasteiger partial charge in [0, 0.05) is 44.5 Å². The van der Waals surface area contributed by atoms with Gasteiger partial charge in [0.25, 0.3) is 10.0 Å². The van der Waals surface area contributed by atoms with Gasteiger partial charge in [0.05, 0.1) is 18.8 Å². The van der Waals surface area contributed by atoms with Crippen molar-refractivity contribution in [3.8, 4) is 0 Å². The van der Waals surface area contributed by atoms with E-state index >= 15 is 0 Å². The van der Waals surface area contributed by atoms with Gasteiger partial charge in [-0.25, -0.2) is 8.42 Å². The molecule has 3 aliphatic heterocycles. The van der Waals surface area contributed by atoms with Crippen LogP contribution in [0.1, 0.15) is 18.9 Å². The summed E-state index contributed by atoms with van der Waals surface area (Å²) in [4.78, 5) is 4.40. The molecule has 3 fully saturated rings. The molecule has 7 nitrogen and oxygen atoms in total. The van der Waals surface area contributed by atoms with Crippen LogP contribution < -0.4 is 4.90 Å². The normalized spacial score (nSPS) is 27.9. The van der Waals surface area contributed by atoms with Crippen LogP contribution in [0, 0.1) is 0 Å². The maximum absolute atomic E-state index is 13.3. The van der Waals surface area contributed by atoms with Gasteiger partial charge in [0.2, 0.25) is 0 Å². The summed E-state index contributed by atoms with van der Waals surface area (Å²) in [6.45, 7) is 3.77. The van der Waals surface area contributed by atoms with Crippen molar-refractivity contribution in [1.82, 2.24) is 9.21 Å². The molecule has 0 radical (unpaired) electrons. The lowest BCUT2D eigenvalue weighted by atomic mass is 9.95. The summed E-state index contributed by atoms with van der Waals surface area (Å²) in [5, 5.41) is 11.7. The molecule has 0 spiro atoms. The molecule has 1 N–H and O–H groups in total. The number of sulfonamides is 1. The number of nitrogens with zero attached hydrogens (tertiary/aromatic N) is 3. The van der Waals surface area contributed by atoms with Gasteiger partial charge in [0.15, 0.2) is 5.60 Å². The third-order valence-electron chi connectivity index (χ3n) is 7.31. The molecule has 3 aliphatic rings. The summed E-state index contributed by atoms with van der Waals surface area (Å²) in [6, 6.07) is 9.16. The monoisotopic (exact) mass is 531 g/mol. The Hall–Kier alpha value is -1.70. The van der Waals surface area contributed by atoms with E-state index in [0.717, 1.165) is 19.9 Å². The van der Waals surface area contributed by atoms with Gasteiger partial charge in [-0.05, 0) is 42.5 Å². The molecule has 4 heterocycles. The van der Waals surface area contributed by atoms with Crippen LogP contribution in [0.3, 0.4) is 0 Å². The molecule has 2 bridgehead atoms. The van der Waals surface area contributed by atoms with Gasteiger partial charge in [0.1, 0.15) is 4.21 Å². The van der Waals surface area contributed by atoms with Crippen LogP contribution >= 0.6 is 11.3 Å². The number of hydrogen-bond acceptors (Lipinski definition) is 7. The Bertz CT molecular complexity index is 1140. The van der Waals surface area contributed by atoms with Crippen molar-refractivity contribution in [3.05, 3.63) is 47.3 Å². The number of fused-ring (bicyclic) bond motifs is 2. The van der Waals surface area contributed by atoms with Gasteiger partial charge in [-0.15, -0.1) is 11.3 Å². The maximum atomic E-state index is 13.3. The number of rotatable bonds is 6. The molecule has 3 saturated heterocycles. The number of benzene rings is 1. The smallest absolute Gasteiger partial charge is 0.376 e. The Morgan fingerprint density at radius 1 is 1.14 bits per heavy atom. The number of halogens is 3. The van der Waals surface area contributed by atoms with E-state index < -0.39 is 21.8 Å². The Balaban J connectivity index is 1.40. The molecule has 0 aliphatic carbocycles. The predicted molar refractivity (Wildman–Crippen MR) is 126 cm³/mol. The maximum Gasteiger partial charge on any atom is 0.421 e. The van der Waals surface area contributed by atoms with E-state index in [-0.39, 0.29) is 30.8 Å². The molecular formula is C23H28F3N3O4S2. The minimum absolute atomic E-state index is 0.188. The number of ether oxygens (including phenoxy) is 1. The Labute approximate surface area is 206 Å². The second-order valence-electron chi connectivity index (χ2n) is 9.56. The molecule has 0 amide bonds. The zero-order valence-corrected chi connectivity index (χ0v) is 20.8. The minimum atomic E-state index is -4.80. The first-order chi connectivity index (χ1) is 16.5. The summed E-state index contributed by atoms with van der Waals surface area (Å²) in [5.41, 5.74) is -2.49. The number of aliphatic hydroxyl groups is 1. The lowest BCUT2D eigenvalue weighted by molar-refractivity contribution is -0.258. The van der Waals surface area contributed by atoms with E-state index in [9.17, 15) is 26.7 Å². The molecule has 0 unspecified atom stereocenters. The van der Waals surface area contributed by atoms with Crippen LogP contribution in [-0.4, -0.2) is 86.4 Å². The van der Waals surface area contributed by atoms with Crippen molar-refractivity contribution in [2.24, 2.45) is 0 Å². The van der Waals surface area contributed by atoms with E-state index in [1.165, 1.54) is 27.8 Å². The largest absolute Gasteiger partial charge is 0.421 e. The highest BCUT2D eigenvalue weighted by atomic mass is 32.2. The fourth-order valence-corrected chi connectivity index (χ4v) is 7.81. The summed E-state index contributed by atoms with van der Waals surface area (Å²) >= 11 is 1.18. The second kappa shape index (κ2) is 9.00. The Kier molecular flexibility index (Phi) is 6.42. The number of likely N-dealkylation sites (tertiary alicyclic amines) is 1. The zero-order valence-electron chi connectivity index (χ0n) is 19.2. The number of alkyl halides is 3. The highest BCUT2D eigenvalue weighted by Gasteiger charge is 2.51. The molecular weight excluding hydrogens is 503 g/mol. The van der Waals surface area contributed by atoms with Crippen LogP contribution in [0.15, 0.2) is 46.0 Å². The fourth-order valence-electron chi connectivity index (χ4n) is 5.19.